The predicted octanol–water partition coefficient (Wildman–Crippen LogP) is 1.30. The molecule has 1 saturated carbocycles. The molecule has 4 rings (SSSR count). The second kappa shape index (κ2) is 4.80. The molecule has 6 nitrogen and oxygen atoms in total. The summed E-state index contributed by atoms with van der Waals surface area (Å²) in [6.45, 7) is 0. The molecule has 4 atom stereocenters. The molecule has 1 aromatic rings. The number of piperidine rings is 2. The highest BCUT2D eigenvalue weighted by molar-refractivity contribution is 9.09. The molecule has 0 spiro atoms. The van der Waals surface area contributed by atoms with Crippen LogP contribution in [-0.4, -0.2) is 21.6 Å². The molecule has 7 heteroatoms. The molecule has 1 amide bonds. The number of alkyl halides is 1. The minimum Gasteiger partial charge on any atom is -0.370 e. The van der Waals surface area contributed by atoms with Gasteiger partial charge in [-0.25, -0.2) is 0 Å². The molecule has 2 heterocycles. The number of nitrogens with one attached hydrogen (secondary N) is 1. The third-order valence-electron chi connectivity index (χ3n) is 4.83. The number of aliphatic hydroxyl groups is 1. The summed E-state index contributed by atoms with van der Waals surface area (Å²) in [4.78, 5) is 12.0. The number of fused-ring (bicyclic) bond motifs is 3. The predicted molar refractivity (Wildman–Crippen MR) is 81.3 cm³/mol. The van der Waals surface area contributed by atoms with Crippen LogP contribution >= 0.6 is 15.9 Å². The normalized spacial score (nSPS) is 37.1. The van der Waals surface area contributed by atoms with Crippen LogP contribution in [0.15, 0.2) is 30.3 Å². The first-order valence-corrected chi connectivity index (χ1v) is 7.80. The van der Waals surface area contributed by atoms with Crippen LogP contribution in [0, 0.1) is 44.8 Å². The standard InChI is InChI=1S/C16H11BrN4O2/c17-12-11(10-4-2-1-3-5-10)15(9-20)13(22)21-16(12,23)6-14(15,7-18)8-19/h1-5,11-12,23H,6H2,(H,21,22)/t11-,12-,15+,16+/m1/s1. The van der Waals surface area contributed by atoms with E-state index in [1.165, 1.54) is 0 Å². The molecule has 23 heavy (non-hydrogen) atoms. The fraction of sp³-hybridized carbons (Fsp3) is 0.375. The van der Waals surface area contributed by atoms with Crippen molar-refractivity contribution in [2.75, 3.05) is 0 Å². The van der Waals surface area contributed by atoms with Crippen molar-refractivity contribution in [1.29, 1.82) is 15.8 Å². The first-order chi connectivity index (χ1) is 10.9. The third-order valence-corrected chi connectivity index (χ3v) is 6.11. The van der Waals surface area contributed by atoms with Gasteiger partial charge in [-0.05, 0) is 5.56 Å². The van der Waals surface area contributed by atoms with Crippen LogP contribution in [0.25, 0.3) is 0 Å². The van der Waals surface area contributed by atoms with Crippen LogP contribution in [0.3, 0.4) is 0 Å². The van der Waals surface area contributed by atoms with E-state index in [0.717, 1.165) is 0 Å². The smallest absolute Gasteiger partial charge is 0.246 e. The molecule has 2 aliphatic heterocycles. The number of carbonyl (C=O) groups is 1. The van der Waals surface area contributed by atoms with Gasteiger partial charge in [0.15, 0.2) is 16.6 Å². The topological polar surface area (TPSA) is 121 Å². The highest BCUT2D eigenvalue weighted by Gasteiger charge is 2.77. The molecular weight excluding hydrogens is 360 g/mol. The van der Waals surface area contributed by atoms with E-state index in [-0.39, 0.29) is 6.42 Å². The number of nitrogens with zero attached hydrogens (tertiary/aromatic N) is 3. The van der Waals surface area contributed by atoms with E-state index < -0.39 is 33.2 Å². The zero-order valence-electron chi connectivity index (χ0n) is 11.8. The van der Waals surface area contributed by atoms with Crippen molar-refractivity contribution in [3.05, 3.63) is 35.9 Å². The summed E-state index contributed by atoms with van der Waals surface area (Å²) in [5.74, 6) is -1.62. The molecular formula is C16H11BrN4O2. The van der Waals surface area contributed by atoms with Crippen LogP contribution < -0.4 is 5.32 Å². The van der Waals surface area contributed by atoms with Crippen LogP contribution in [0.1, 0.15) is 17.9 Å². The second-order valence-corrected chi connectivity index (χ2v) is 6.88. The van der Waals surface area contributed by atoms with E-state index in [4.69, 9.17) is 0 Å². The van der Waals surface area contributed by atoms with Crippen molar-refractivity contribution < 1.29 is 9.90 Å². The van der Waals surface area contributed by atoms with Gasteiger partial charge in [-0.2, -0.15) is 15.8 Å². The maximum Gasteiger partial charge on any atom is 0.246 e. The highest BCUT2D eigenvalue weighted by Crippen LogP contribution is 2.64. The number of hydrogen-bond donors (Lipinski definition) is 2. The molecule has 0 unspecified atom stereocenters. The Morgan fingerprint density at radius 2 is 1.78 bits per heavy atom. The Bertz CT molecular complexity index is 792. The fourth-order valence-corrected chi connectivity index (χ4v) is 4.70. The van der Waals surface area contributed by atoms with Gasteiger partial charge in [0.2, 0.25) is 5.91 Å². The zero-order chi connectivity index (χ0) is 16.9. The van der Waals surface area contributed by atoms with Crippen LogP contribution in [0.5, 0.6) is 0 Å². The first-order valence-electron chi connectivity index (χ1n) is 6.88. The van der Waals surface area contributed by atoms with Gasteiger partial charge in [-0.3, -0.25) is 4.79 Å². The number of benzene rings is 1. The van der Waals surface area contributed by atoms with Crippen molar-refractivity contribution in [2.24, 2.45) is 10.8 Å². The summed E-state index contributed by atoms with van der Waals surface area (Å²) < 4.78 is 0. The molecule has 1 aromatic carbocycles. The van der Waals surface area contributed by atoms with Gasteiger partial charge in [0.1, 0.15) is 0 Å². The average molecular weight is 371 g/mol. The van der Waals surface area contributed by atoms with Gasteiger partial charge in [0.05, 0.1) is 23.0 Å². The second-order valence-electron chi connectivity index (χ2n) is 5.89. The van der Waals surface area contributed by atoms with Crippen LogP contribution in [0.4, 0.5) is 0 Å². The first kappa shape index (κ1) is 15.5. The van der Waals surface area contributed by atoms with Gasteiger partial charge in [0.25, 0.3) is 0 Å². The highest BCUT2D eigenvalue weighted by atomic mass is 79.9. The summed E-state index contributed by atoms with van der Waals surface area (Å²) in [7, 11) is 0. The Labute approximate surface area is 141 Å². The van der Waals surface area contributed by atoms with Crippen molar-refractivity contribution in [3.8, 4) is 18.2 Å². The summed E-state index contributed by atoms with van der Waals surface area (Å²) in [5.41, 5.74) is -5.00. The van der Waals surface area contributed by atoms with Gasteiger partial charge < -0.3 is 10.4 Å². The minimum atomic E-state index is -1.93. The SMILES string of the molecule is N#CC1(C#N)C[C@@]2(O)NC(=O)[C@]1(C#N)[C@H](c1ccccc1)[C@H]2Br. The van der Waals surface area contributed by atoms with Crippen molar-refractivity contribution >= 4 is 21.8 Å². The molecule has 0 radical (unpaired) electrons. The van der Waals surface area contributed by atoms with Gasteiger partial charge >= 0.3 is 0 Å². The van der Waals surface area contributed by atoms with Gasteiger partial charge in [0, 0.05) is 12.3 Å². The van der Waals surface area contributed by atoms with E-state index >= 15 is 0 Å². The molecule has 2 N–H and O–H groups in total. The summed E-state index contributed by atoms with van der Waals surface area (Å²) in [6.07, 6.45) is -0.328. The van der Waals surface area contributed by atoms with Crippen LogP contribution in [-0.2, 0) is 4.79 Å². The third kappa shape index (κ3) is 1.65. The van der Waals surface area contributed by atoms with E-state index in [0.29, 0.717) is 5.56 Å². The van der Waals surface area contributed by atoms with Crippen molar-refractivity contribution in [2.45, 2.75) is 22.9 Å². The Morgan fingerprint density at radius 3 is 2.30 bits per heavy atom. The van der Waals surface area contributed by atoms with E-state index in [2.05, 4.69) is 21.2 Å². The van der Waals surface area contributed by atoms with E-state index in [1.54, 1.807) is 30.3 Å². The molecule has 2 bridgehead atoms. The molecule has 3 fully saturated rings. The number of amides is 1. The van der Waals surface area contributed by atoms with E-state index in [9.17, 15) is 25.7 Å². The fourth-order valence-electron chi connectivity index (χ4n) is 3.72. The number of hydrogen-bond acceptors (Lipinski definition) is 5. The number of carbonyl (C=O) groups excluding carboxylic acids is 1. The summed E-state index contributed by atoms with van der Waals surface area (Å²) in [6, 6.07) is 14.3. The number of halogens is 1. The number of nitriles is 3. The Morgan fingerprint density at radius 1 is 1.17 bits per heavy atom. The molecule has 0 aromatic heterocycles. The van der Waals surface area contributed by atoms with Crippen molar-refractivity contribution in [1.82, 2.24) is 5.32 Å². The lowest BCUT2D eigenvalue weighted by molar-refractivity contribution is -0.172. The monoisotopic (exact) mass is 370 g/mol. The van der Waals surface area contributed by atoms with Gasteiger partial charge in [-0.1, -0.05) is 46.3 Å². The molecule has 114 valence electrons. The Hall–Kier alpha value is -2.40. The zero-order valence-corrected chi connectivity index (χ0v) is 13.4. The average Bonchev–Trinajstić information content (AvgIpc) is 2.56. The maximum atomic E-state index is 12.7. The van der Waals surface area contributed by atoms with E-state index in [1.807, 2.05) is 18.2 Å². The summed E-state index contributed by atoms with van der Waals surface area (Å²) >= 11 is 3.38. The maximum absolute atomic E-state index is 12.7. The minimum absolute atomic E-state index is 0.328. The largest absolute Gasteiger partial charge is 0.370 e. The van der Waals surface area contributed by atoms with Gasteiger partial charge in [-0.15, -0.1) is 0 Å². The quantitative estimate of drug-likeness (QED) is 0.721. The Balaban J connectivity index is 2.36. The molecule has 1 aliphatic carbocycles. The lowest BCUT2D eigenvalue weighted by atomic mass is 9.47. The van der Waals surface area contributed by atoms with Crippen LogP contribution in [0.2, 0.25) is 0 Å². The Kier molecular flexibility index (Phi) is 3.23. The van der Waals surface area contributed by atoms with Crippen molar-refractivity contribution in [3.63, 3.8) is 0 Å². The lowest BCUT2D eigenvalue weighted by Crippen LogP contribution is -2.77. The lowest BCUT2D eigenvalue weighted by Gasteiger charge is -2.59. The summed E-state index contributed by atoms with van der Waals surface area (Å²) in [5, 5.41) is 42.3. The molecule has 3 aliphatic rings. The number of rotatable bonds is 1. The molecule has 2 saturated heterocycles.